The summed E-state index contributed by atoms with van der Waals surface area (Å²) in [6.07, 6.45) is 0. The van der Waals surface area contributed by atoms with Crippen molar-refractivity contribution in [3.63, 3.8) is 0 Å². The Morgan fingerprint density at radius 2 is 2.11 bits per heavy atom. The summed E-state index contributed by atoms with van der Waals surface area (Å²) in [5.74, 6) is 0.0119. The molecule has 4 N–H and O–H groups in total. The molecular formula is C12H22N4O2. The Labute approximate surface area is 107 Å². The highest BCUT2D eigenvalue weighted by atomic mass is 16.3. The lowest BCUT2D eigenvalue weighted by atomic mass is 10.1. The van der Waals surface area contributed by atoms with Crippen LogP contribution in [0.25, 0.3) is 0 Å². The van der Waals surface area contributed by atoms with Crippen molar-refractivity contribution in [1.82, 2.24) is 15.1 Å². The van der Waals surface area contributed by atoms with Crippen molar-refractivity contribution in [2.75, 3.05) is 12.3 Å². The lowest BCUT2D eigenvalue weighted by Gasteiger charge is -2.20. The summed E-state index contributed by atoms with van der Waals surface area (Å²) < 4.78 is 1.58. The minimum atomic E-state index is -0.230. The van der Waals surface area contributed by atoms with Crippen LogP contribution in [0.1, 0.15) is 25.2 Å². The topological polar surface area (TPSA) is 93.2 Å². The van der Waals surface area contributed by atoms with Gasteiger partial charge in [0.25, 0.3) is 0 Å². The highest BCUT2D eigenvalue weighted by Crippen LogP contribution is 2.14. The Kier molecular flexibility index (Phi) is 4.72. The van der Waals surface area contributed by atoms with Gasteiger partial charge >= 0.3 is 0 Å². The first-order chi connectivity index (χ1) is 8.36. The van der Waals surface area contributed by atoms with Gasteiger partial charge in [0, 0.05) is 0 Å². The minimum Gasteiger partial charge on any atom is -0.396 e. The van der Waals surface area contributed by atoms with E-state index in [0.29, 0.717) is 5.69 Å². The lowest BCUT2D eigenvalue weighted by Crippen LogP contribution is -2.42. The van der Waals surface area contributed by atoms with Crippen molar-refractivity contribution in [3.8, 4) is 0 Å². The molecular weight excluding hydrogens is 232 g/mol. The number of nitrogens with two attached hydrogens (primary N) is 1. The van der Waals surface area contributed by atoms with E-state index in [2.05, 4.69) is 10.4 Å². The first-order valence-corrected chi connectivity index (χ1v) is 6.06. The SMILES string of the molecule is Cc1nn(CC(=O)NC(CO)C(C)C)c(C)c1N. The van der Waals surface area contributed by atoms with Crippen molar-refractivity contribution >= 4 is 11.6 Å². The molecule has 0 saturated carbocycles. The molecule has 1 heterocycles. The molecule has 1 aromatic heterocycles. The monoisotopic (exact) mass is 254 g/mol. The summed E-state index contributed by atoms with van der Waals surface area (Å²) in [5.41, 5.74) is 7.92. The van der Waals surface area contributed by atoms with Crippen LogP contribution in [0, 0.1) is 19.8 Å². The number of aryl methyl sites for hydroxylation is 1. The second-order valence-corrected chi connectivity index (χ2v) is 4.84. The molecule has 102 valence electrons. The van der Waals surface area contributed by atoms with Crippen molar-refractivity contribution in [2.24, 2.45) is 5.92 Å². The largest absolute Gasteiger partial charge is 0.396 e. The zero-order valence-electron chi connectivity index (χ0n) is 11.4. The van der Waals surface area contributed by atoms with Crippen LogP contribution in [0.3, 0.4) is 0 Å². The number of aromatic nitrogens is 2. The second-order valence-electron chi connectivity index (χ2n) is 4.84. The van der Waals surface area contributed by atoms with Crippen LogP contribution in [-0.2, 0) is 11.3 Å². The molecule has 0 spiro atoms. The number of carbonyl (C=O) groups excluding carboxylic acids is 1. The Balaban J connectivity index is 2.67. The fraction of sp³-hybridized carbons (Fsp3) is 0.667. The molecule has 0 bridgehead atoms. The Morgan fingerprint density at radius 3 is 2.50 bits per heavy atom. The molecule has 1 atom stereocenters. The quantitative estimate of drug-likeness (QED) is 0.700. The van der Waals surface area contributed by atoms with Gasteiger partial charge in [0.1, 0.15) is 6.54 Å². The number of nitrogens with one attached hydrogen (secondary N) is 1. The van der Waals surface area contributed by atoms with E-state index in [-0.39, 0.29) is 31.0 Å². The minimum absolute atomic E-state index is 0.0668. The summed E-state index contributed by atoms with van der Waals surface area (Å²) in [5, 5.41) is 16.1. The molecule has 1 amide bonds. The molecule has 1 unspecified atom stereocenters. The molecule has 0 aliphatic carbocycles. The summed E-state index contributed by atoms with van der Waals surface area (Å²) in [6.45, 7) is 7.58. The Hall–Kier alpha value is -1.56. The second kappa shape index (κ2) is 5.86. The molecule has 6 nitrogen and oxygen atoms in total. The first kappa shape index (κ1) is 14.5. The highest BCUT2D eigenvalue weighted by molar-refractivity contribution is 5.76. The number of carbonyl (C=O) groups is 1. The number of hydrogen-bond donors (Lipinski definition) is 3. The van der Waals surface area contributed by atoms with Gasteiger partial charge in [-0.05, 0) is 19.8 Å². The molecule has 6 heteroatoms. The zero-order valence-corrected chi connectivity index (χ0v) is 11.4. The van der Waals surface area contributed by atoms with E-state index in [4.69, 9.17) is 10.8 Å². The summed E-state index contributed by atoms with van der Waals surface area (Å²) in [7, 11) is 0. The number of rotatable bonds is 5. The van der Waals surface area contributed by atoms with Crippen molar-refractivity contribution in [3.05, 3.63) is 11.4 Å². The van der Waals surface area contributed by atoms with E-state index >= 15 is 0 Å². The smallest absolute Gasteiger partial charge is 0.242 e. The average molecular weight is 254 g/mol. The van der Waals surface area contributed by atoms with E-state index in [0.717, 1.165) is 11.4 Å². The third-order valence-electron chi connectivity index (χ3n) is 3.08. The fourth-order valence-corrected chi connectivity index (χ4v) is 1.68. The van der Waals surface area contributed by atoms with Crippen molar-refractivity contribution < 1.29 is 9.90 Å². The maximum Gasteiger partial charge on any atom is 0.242 e. The van der Waals surface area contributed by atoms with Crippen LogP contribution in [0.5, 0.6) is 0 Å². The average Bonchev–Trinajstić information content (AvgIpc) is 2.53. The number of aliphatic hydroxyl groups is 1. The van der Waals surface area contributed by atoms with Crippen molar-refractivity contribution in [1.29, 1.82) is 0 Å². The molecule has 0 saturated heterocycles. The number of aliphatic hydroxyl groups excluding tert-OH is 1. The van der Waals surface area contributed by atoms with Gasteiger partial charge in [-0.25, -0.2) is 0 Å². The van der Waals surface area contributed by atoms with Gasteiger partial charge in [-0.1, -0.05) is 13.8 Å². The van der Waals surface area contributed by atoms with Gasteiger partial charge in [-0.3, -0.25) is 9.48 Å². The van der Waals surface area contributed by atoms with Crippen LogP contribution in [0.15, 0.2) is 0 Å². The third kappa shape index (κ3) is 3.22. The lowest BCUT2D eigenvalue weighted by molar-refractivity contribution is -0.123. The Bertz CT molecular complexity index is 426. The maximum absolute atomic E-state index is 11.8. The van der Waals surface area contributed by atoms with Crippen LogP contribution in [-0.4, -0.2) is 33.4 Å². The predicted octanol–water partition coefficient (Wildman–Crippen LogP) is 0.215. The first-order valence-electron chi connectivity index (χ1n) is 6.06. The number of anilines is 1. The maximum atomic E-state index is 11.8. The zero-order chi connectivity index (χ0) is 13.9. The molecule has 0 aliphatic rings. The molecule has 18 heavy (non-hydrogen) atoms. The van der Waals surface area contributed by atoms with Gasteiger partial charge in [0.05, 0.1) is 29.7 Å². The van der Waals surface area contributed by atoms with E-state index in [1.165, 1.54) is 0 Å². The van der Waals surface area contributed by atoms with Gasteiger partial charge in [-0.15, -0.1) is 0 Å². The predicted molar refractivity (Wildman–Crippen MR) is 70.0 cm³/mol. The van der Waals surface area contributed by atoms with Crippen molar-refractivity contribution in [2.45, 2.75) is 40.3 Å². The standard InChI is InChI=1S/C12H22N4O2/c1-7(2)10(6-17)14-11(18)5-16-9(4)12(13)8(3)15-16/h7,10,17H,5-6,13H2,1-4H3,(H,14,18). The van der Waals surface area contributed by atoms with Crippen LogP contribution >= 0.6 is 0 Å². The molecule has 0 radical (unpaired) electrons. The third-order valence-corrected chi connectivity index (χ3v) is 3.08. The summed E-state index contributed by atoms with van der Waals surface area (Å²) in [6, 6.07) is -0.230. The van der Waals surface area contributed by atoms with Crippen LogP contribution in [0.4, 0.5) is 5.69 Å². The number of nitrogens with zero attached hydrogens (tertiary/aromatic N) is 2. The number of nitrogen functional groups attached to an aromatic ring is 1. The molecule has 0 aliphatic heterocycles. The normalized spacial score (nSPS) is 12.8. The molecule has 0 aromatic carbocycles. The van der Waals surface area contributed by atoms with Gasteiger partial charge in [0.15, 0.2) is 0 Å². The van der Waals surface area contributed by atoms with E-state index in [9.17, 15) is 4.79 Å². The fourth-order valence-electron chi connectivity index (χ4n) is 1.68. The van der Waals surface area contributed by atoms with Gasteiger partial charge in [0.2, 0.25) is 5.91 Å². The summed E-state index contributed by atoms with van der Waals surface area (Å²) in [4.78, 5) is 11.8. The van der Waals surface area contributed by atoms with Crippen LogP contribution < -0.4 is 11.1 Å². The van der Waals surface area contributed by atoms with Gasteiger partial charge in [-0.2, -0.15) is 5.10 Å². The van der Waals surface area contributed by atoms with E-state index < -0.39 is 0 Å². The van der Waals surface area contributed by atoms with Gasteiger partial charge < -0.3 is 16.2 Å². The van der Waals surface area contributed by atoms with Crippen LogP contribution in [0.2, 0.25) is 0 Å². The Morgan fingerprint density at radius 1 is 1.50 bits per heavy atom. The van der Waals surface area contributed by atoms with E-state index in [1.807, 2.05) is 20.8 Å². The molecule has 1 aromatic rings. The van der Waals surface area contributed by atoms with E-state index in [1.54, 1.807) is 11.6 Å². The summed E-state index contributed by atoms with van der Waals surface area (Å²) >= 11 is 0. The number of amides is 1. The highest BCUT2D eigenvalue weighted by Gasteiger charge is 2.17. The molecule has 1 rings (SSSR count). The number of hydrogen-bond acceptors (Lipinski definition) is 4. The molecule has 0 fully saturated rings.